The lowest BCUT2D eigenvalue weighted by atomic mass is 9.81. The Labute approximate surface area is 131 Å². The summed E-state index contributed by atoms with van der Waals surface area (Å²) in [7, 11) is 1.73. The van der Waals surface area contributed by atoms with Gasteiger partial charge >= 0.3 is 5.97 Å². The average molecular weight is 301 g/mol. The van der Waals surface area contributed by atoms with Crippen LogP contribution < -0.4 is 0 Å². The summed E-state index contributed by atoms with van der Waals surface area (Å²) in [4.78, 5) is 17.0. The molecule has 0 bridgehead atoms. The molecule has 4 heteroatoms. The molecule has 1 aliphatic heterocycles. The second kappa shape index (κ2) is 5.84. The molecule has 1 fully saturated rings. The van der Waals surface area contributed by atoms with Gasteiger partial charge in [-0.15, -0.1) is 0 Å². The Morgan fingerprint density at radius 3 is 2.73 bits per heavy atom. The maximum atomic E-state index is 12.3. The van der Waals surface area contributed by atoms with Gasteiger partial charge in [-0.2, -0.15) is 0 Å². The molecule has 118 valence electrons. The van der Waals surface area contributed by atoms with Crippen molar-refractivity contribution in [1.82, 2.24) is 0 Å². The van der Waals surface area contributed by atoms with E-state index in [2.05, 4.69) is 37.0 Å². The van der Waals surface area contributed by atoms with Gasteiger partial charge in [-0.25, -0.2) is 9.79 Å². The molecule has 1 aromatic carbocycles. The summed E-state index contributed by atoms with van der Waals surface area (Å²) < 4.78 is 10.9. The van der Waals surface area contributed by atoms with Gasteiger partial charge in [-0.1, -0.05) is 23.8 Å². The number of aliphatic imine (C=N–C) groups is 1. The molecule has 0 atom stereocenters. The molecule has 1 aliphatic carbocycles. The Kier molecular flexibility index (Phi) is 4.04. The number of benzene rings is 1. The van der Waals surface area contributed by atoms with E-state index in [0.29, 0.717) is 12.3 Å². The van der Waals surface area contributed by atoms with Crippen molar-refractivity contribution in [3.8, 4) is 0 Å². The van der Waals surface area contributed by atoms with Crippen LogP contribution in [0, 0.1) is 13.8 Å². The summed E-state index contributed by atoms with van der Waals surface area (Å²) in [6.07, 6.45) is 4.02. The molecule has 1 spiro atoms. The van der Waals surface area contributed by atoms with Crippen LogP contribution >= 0.6 is 0 Å². The first kappa shape index (κ1) is 15.2. The summed E-state index contributed by atoms with van der Waals surface area (Å²) >= 11 is 0. The molecule has 0 N–H and O–H groups in total. The number of esters is 1. The number of carbonyl (C=O) groups is 1. The number of methoxy groups -OCH3 is 1. The number of rotatable bonds is 3. The highest BCUT2D eigenvalue weighted by atomic mass is 16.6. The zero-order chi connectivity index (χ0) is 15.7. The minimum atomic E-state index is -0.651. The predicted octanol–water partition coefficient (Wildman–Crippen LogP) is 3.13. The minimum absolute atomic E-state index is 0.178. The van der Waals surface area contributed by atoms with E-state index in [1.165, 1.54) is 16.7 Å². The van der Waals surface area contributed by atoms with Crippen molar-refractivity contribution in [2.75, 3.05) is 7.11 Å². The third-order valence-electron chi connectivity index (χ3n) is 4.87. The van der Waals surface area contributed by atoms with Crippen molar-refractivity contribution in [2.45, 2.75) is 57.6 Å². The van der Waals surface area contributed by atoms with E-state index in [1.807, 2.05) is 0 Å². The van der Waals surface area contributed by atoms with Crippen LogP contribution in [-0.2, 0) is 20.7 Å². The van der Waals surface area contributed by atoms with Gasteiger partial charge in [0.2, 0.25) is 0 Å². The molecular formula is C18H23NO3. The standard InChI is InChI=1S/C18H23NO3/c1-12-4-5-13(2)14(10-12)11-16-19-18(17(20)22-16)8-6-15(21-3)7-9-18/h4-5,10,15H,6-9,11H2,1-3H3. The number of nitrogens with zero attached hydrogens (tertiary/aromatic N) is 1. The molecule has 1 saturated carbocycles. The van der Waals surface area contributed by atoms with E-state index in [4.69, 9.17) is 9.47 Å². The Bertz CT molecular complexity index is 613. The van der Waals surface area contributed by atoms with Crippen molar-refractivity contribution in [1.29, 1.82) is 0 Å². The number of hydrogen-bond acceptors (Lipinski definition) is 4. The molecule has 0 amide bonds. The summed E-state index contributed by atoms with van der Waals surface area (Å²) in [5.41, 5.74) is 2.94. The van der Waals surface area contributed by atoms with Crippen LogP contribution in [0.4, 0.5) is 0 Å². The van der Waals surface area contributed by atoms with Gasteiger partial charge in [0, 0.05) is 13.5 Å². The smallest absolute Gasteiger partial charge is 0.340 e. The zero-order valence-electron chi connectivity index (χ0n) is 13.5. The minimum Gasteiger partial charge on any atom is -0.410 e. The molecule has 1 aromatic rings. The normalized spacial score (nSPS) is 27.9. The van der Waals surface area contributed by atoms with Gasteiger partial charge in [-0.3, -0.25) is 0 Å². The number of aryl methyl sites for hydroxylation is 2. The monoisotopic (exact) mass is 301 g/mol. The second-order valence-corrected chi connectivity index (χ2v) is 6.47. The SMILES string of the molecule is COC1CCC2(CC1)N=C(Cc1cc(C)ccc1C)OC2=O. The fraction of sp³-hybridized carbons (Fsp3) is 0.556. The molecule has 4 nitrogen and oxygen atoms in total. The Morgan fingerprint density at radius 2 is 2.05 bits per heavy atom. The van der Waals surface area contributed by atoms with Gasteiger partial charge in [0.15, 0.2) is 11.4 Å². The van der Waals surface area contributed by atoms with E-state index in [-0.39, 0.29) is 12.1 Å². The lowest BCUT2D eigenvalue weighted by molar-refractivity contribution is -0.141. The topological polar surface area (TPSA) is 47.9 Å². The lowest BCUT2D eigenvalue weighted by Gasteiger charge is -2.30. The van der Waals surface area contributed by atoms with Crippen LogP contribution in [0.1, 0.15) is 42.4 Å². The predicted molar refractivity (Wildman–Crippen MR) is 85.1 cm³/mol. The van der Waals surface area contributed by atoms with E-state index in [0.717, 1.165) is 25.7 Å². The highest BCUT2D eigenvalue weighted by Crippen LogP contribution is 2.37. The van der Waals surface area contributed by atoms with Crippen LogP contribution in [0.3, 0.4) is 0 Å². The number of hydrogen-bond donors (Lipinski definition) is 0. The van der Waals surface area contributed by atoms with Crippen molar-refractivity contribution < 1.29 is 14.3 Å². The van der Waals surface area contributed by atoms with Crippen LogP contribution in [0.2, 0.25) is 0 Å². The van der Waals surface area contributed by atoms with Gasteiger partial charge in [0.25, 0.3) is 0 Å². The maximum Gasteiger partial charge on any atom is 0.340 e. The molecule has 1 heterocycles. The molecule has 0 unspecified atom stereocenters. The molecule has 0 radical (unpaired) electrons. The molecule has 3 rings (SSSR count). The highest BCUT2D eigenvalue weighted by molar-refractivity contribution is 6.00. The fourth-order valence-corrected chi connectivity index (χ4v) is 3.36. The third-order valence-corrected chi connectivity index (χ3v) is 4.87. The van der Waals surface area contributed by atoms with Gasteiger partial charge in [0.1, 0.15) is 0 Å². The van der Waals surface area contributed by atoms with Crippen LogP contribution in [0.15, 0.2) is 23.2 Å². The Morgan fingerprint density at radius 1 is 1.32 bits per heavy atom. The largest absolute Gasteiger partial charge is 0.410 e. The number of cyclic esters (lactones) is 1. The number of ether oxygens (including phenoxy) is 2. The van der Waals surface area contributed by atoms with E-state index < -0.39 is 5.54 Å². The lowest BCUT2D eigenvalue weighted by Crippen LogP contribution is -2.39. The summed E-state index contributed by atoms with van der Waals surface area (Å²) in [6, 6.07) is 6.33. The molecule has 22 heavy (non-hydrogen) atoms. The first-order valence-electron chi connectivity index (χ1n) is 7.92. The number of carbonyl (C=O) groups excluding carboxylic acids is 1. The van der Waals surface area contributed by atoms with Crippen LogP contribution in [0.25, 0.3) is 0 Å². The molecular weight excluding hydrogens is 278 g/mol. The van der Waals surface area contributed by atoms with E-state index >= 15 is 0 Å². The van der Waals surface area contributed by atoms with Gasteiger partial charge in [0.05, 0.1) is 6.10 Å². The second-order valence-electron chi connectivity index (χ2n) is 6.47. The summed E-state index contributed by atoms with van der Waals surface area (Å²) in [5, 5.41) is 0. The van der Waals surface area contributed by atoms with Crippen LogP contribution in [0.5, 0.6) is 0 Å². The zero-order valence-corrected chi connectivity index (χ0v) is 13.5. The van der Waals surface area contributed by atoms with Crippen molar-refractivity contribution in [2.24, 2.45) is 4.99 Å². The summed E-state index contributed by atoms with van der Waals surface area (Å²) in [5.74, 6) is 0.386. The van der Waals surface area contributed by atoms with Crippen molar-refractivity contribution in [3.63, 3.8) is 0 Å². The fourth-order valence-electron chi connectivity index (χ4n) is 3.36. The molecule has 2 aliphatic rings. The van der Waals surface area contributed by atoms with E-state index in [1.54, 1.807) is 7.11 Å². The van der Waals surface area contributed by atoms with Gasteiger partial charge in [-0.05, 0) is 50.7 Å². The Balaban J connectivity index is 1.77. The third kappa shape index (κ3) is 2.80. The van der Waals surface area contributed by atoms with E-state index in [9.17, 15) is 4.79 Å². The first-order chi connectivity index (χ1) is 10.5. The maximum absolute atomic E-state index is 12.3. The molecule has 0 saturated heterocycles. The average Bonchev–Trinajstić information content (AvgIpc) is 2.80. The van der Waals surface area contributed by atoms with Gasteiger partial charge < -0.3 is 9.47 Å². The first-order valence-corrected chi connectivity index (χ1v) is 7.92. The van der Waals surface area contributed by atoms with Crippen molar-refractivity contribution in [3.05, 3.63) is 34.9 Å². The van der Waals surface area contributed by atoms with Crippen molar-refractivity contribution >= 4 is 11.9 Å². The molecule has 0 aromatic heterocycles. The Hall–Kier alpha value is -1.68. The quantitative estimate of drug-likeness (QED) is 0.806. The summed E-state index contributed by atoms with van der Waals surface area (Å²) in [6.45, 7) is 4.14. The highest BCUT2D eigenvalue weighted by Gasteiger charge is 2.48. The van der Waals surface area contributed by atoms with Crippen LogP contribution in [-0.4, -0.2) is 30.6 Å².